The zero-order chi connectivity index (χ0) is 13.4. The highest BCUT2D eigenvalue weighted by Gasteiger charge is 2.19. The van der Waals surface area contributed by atoms with E-state index >= 15 is 0 Å². The van der Waals surface area contributed by atoms with Crippen molar-refractivity contribution < 1.29 is 14.3 Å². The van der Waals surface area contributed by atoms with Crippen molar-refractivity contribution in [2.45, 2.75) is 58.8 Å². The first-order valence-corrected chi connectivity index (χ1v) is 7.03. The molecule has 1 aliphatic carbocycles. The van der Waals surface area contributed by atoms with E-state index in [1.165, 1.54) is 0 Å². The lowest BCUT2D eigenvalue weighted by atomic mass is 10.0. The van der Waals surface area contributed by atoms with Crippen LogP contribution in [0.3, 0.4) is 0 Å². The Labute approximate surface area is 110 Å². The number of carbonyl (C=O) groups is 2. The lowest BCUT2D eigenvalue weighted by Crippen LogP contribution is -2.03. The van der Waals surface area contributed by atoms with Gasteiger partial charge in [-0.1, -0.05) is 25.8 Å². The van der Waals surface area contributed by atoms with Crippen LogP contribution in [0.1, 0.15) is 58.8 Å². The second-order valence-corrected chi connectivity index (χ2v) is 5.02. The number of carbonyl (C=O) groups excluding carboxylic acids is 2. The molecule has 0 fully saturated rings. The van der Waals surface area contributed by atoms with Gasteiger partial charge in [-0.15, -0.1) is 0 Å². The second kappa shape index (κ2) is 8.06. The Morgan fingerprint density at radius 3 is 2.67 bits per heavy atom. The molecule has 0 saturated carbocycles. The van der Waals surface area contributed by atoms with Gasteiger partial charge >= 0.3 is 5.97 Å². The smallest absolute Gasteiger partial charge is 0.305 e. The predicted molar refractivity (Wildman–Crippen MR) is 71.2 cm³/mol. The Morgan fingerprint density at radius 2 is 2.06 bits per heavy atom. The van der Waals surface area contributed by atoms with Crippen molar-refractivity contribution in [3.05, 3.63) is 11.6 Å². The average Bonchev–Trinajstić information content (AvgIpc) is 2.62. The lowest BCUT2D eigenvalue weighted by molar-refractivity contribution is -0.143. The van der Waals surface area contributed by atoms with Crippen LogP contribution in [0.2, 0.25) is 0 Å². The largest absolute Gasteiger partial charge is 0.466 e. The first-order chi connectivity index (χ1) is 8.63. The Morgan fingerprint density at radius 1 is 1.33 bits per heavy atom. The van der Waals surface area contributed by atoms with Crippen LogP contribution in [0, 0.1) is 5.92 Å². The summed E-state index contributed by atoms with van der Waals surface area (Å²) in [5, 5.41) is 0. The topological polar surface area (TPSA) is 43.4 Å². The second-order valence-electron chi connectivity index (χ2n) is 5.02. The van der Waals surface area contributed by atoms with E-state index in [0.717, 1.165) is 37.7 Å². The van der Waals surface area contributed by atoms with Crippen molar-refractivity contribution in [3.8, 4) is 0 Å². The molecule has 1 rings (SSSR count). The molecule has 3 nitrogen and oxygen atoms in total. The van der Waals surface area contributed by atoms with Gasteiger partial charge in [0.2, 0.25) is 0 Å². The highest BCUT2D eigenvalue weighted by molar-refractivity contribution is 5.97. The van der Waals surface area contributed by atoms with Crippen LogP contribution in [0.5, 0.6) is 0 Å². The van der Waals surface area contributed by atoms with Crippen LogP contribution in [0.4, 0.5) is 0 Å². The Bertz CT molecular complexity index is 318. The number of unbranched alkanes of at least 4 members (excludes halogenated alkanes) is 3. The molecule has 0 radical (unpaired) electrons. The molecule has 18 heavy (non-hydrogen) atoms. The molecule has 102 valence electrons. The van der Waals surface area contributed by atoms with Crippen LogP contribution in [-0.2, 0) is 14.3 Å². The minimum Gasteiger partial charge on any atom is -0.466 e. The minimum atomic E-state index is -0.0972. The Hall–Kier alpha value is -1.12. The quantitative estimate of drug-likeness (QED) is 0.491. The van der Waals surface area contributed by atoms with E-state index in [4.69, 9.17) is 4.74 Å². The van der Waals surface area contributed by atoms with Gasteiger partial charge in [0.15, 0.2) is 5.78 Å². The van der Waals surface area contributed by atoms with Crippen LogP contribution in [0.25, 0.3) is 0 Å². The van der Waals surface area contributed by atoms with E-state index in [9.17, 15) is 9.59 Å². The molecule has 0 saturated heterocycles. The van der Waals surface area contributed by atoms with E-state index in [2.05, 4.69) is 13.0 Å². The summed E-state index contributed by atoms with van der Waals surface area (Å²) in [5.41, 5.74) is 1.02. The zero-order valence-electron chi connectivity index (χ0n) is 11.5. The number of rotatable bonds is 8. The van der Waals surface area contributed by atoms with E-state index in [0.29, 0.717) is 31.1 Å². The third kappa shape index (κ3) is 5.48. The van der Waals surface area contributed by atoms with E-state index in [1.807, 2.05) is 6.92 Å². The molecule has 0 bridgehead atoms. The van der Waals surface area contributed by atoms with Crippen molar-refractivity contribution in [1.29, 1.82) is 0 Å². The Balaban J connectivity index is 2.01. The van der Waals surface area contributed by atoms with Gasteiger partial charge in [0.1, 0.15) is 0 Å². The highest BCUT2D eigenvalue weighted by atomic mass is 16.5. The SMILES string of the molecule is CCOC(=O)CCCCCCC1=CC(C)CC1=O. The number of hydrogen-bond acceptors (Lipinski definition) is 3. The standard InChI is InChI=1S/C15H24O3/c1-3-18-15(17)9-7-5-4-6-8-13-10-12(2)11-14(13)16/h10,12H,3-9,11H2,1-2H3. The third-order valence-corrected chi connectivity index (χ3v) is 3.23. The van der Waals surface area contributed by atoms with Gasteiger partial charge in [-0.05, 0) is 37.7 Å². The monoisotopic (exact) mass is 252 g/mol. The number of ketones is 1. The summed E-state index contributed by atoms with van der Waals surface area (Å²) in [4.78, 5) is 22.6. The molecular weight excluding hydrogens is 228 g/mol. The summed E-state index contributed by atoms with van der Waals surface area (Å²) < 4.78 is 4.86. The maximum absolute atomic E-state index is 11.5. The minimum absolute atomic E-state index is 0.0972. The maximum atomic E-state index is 11.5. The van der Waals surface area contributed by atoms with Crippen molar-refractivity contribution in [1.82, 2.24) is 0 Å². The molecule has 1 aliphatic rings. The summed E-state index contributed by atoms with van der Waals surface area (Å²) in [6, 6.07) is 0. The maximum Gasteiger partial charge on any atom is 0.305 e. The summed E-state index contributed by atoms with van der Waals surface area (Å²) >= 11 is 0. The molecule has 0 aromatic heterocycles. The molecule has 0 heterocycles. The average molecular weight is 252 g/mol. The number of esters is 1. The number of allylic oxidation sites excluding steroid dienone is 2. The number of Topliss-reactive ketones (excluding diaryl/α,β-unsaturated/α-hetero) is 1. The molecule has 0 aromatic carbocycles. The highest BCUT2D eigenvalue weighted by Crippen LogP contribution is 2.24. The molecule has 3 heteroatoms. The Kier molecular flexibility index (Phi) is 6.69. The molecule has 1 atom stereocenters. The normalized spacial score (nSPS) is 18.9. The molecule has 0 spiro atoms. The molecule has 0 aliphatic heterocycles. The lowest BCUT2D eigenvalue weighted by Gasteiger charge is -2.02. The predicted octanol–water partition coefficient (Wildman–Crippen LogP) is 3.43. The number of ether oxygens (including phenoxy) is 1. The molecule has 0 amide bonds. The van der Waals surface area contributed by atoms with Crippen LogP contribution in [-0.4, -0.2) is 18.4 Å². The molecular formula is C15H24O3. The molecule has 1 unspecified atom stereocenters. The van der Waals surface area contributed by atoms with Gasteiger partial charge in [-0.3, -0.25) is 9.59 Å². The summed E-state index contributed by atoms with van der Waals surface area (Å²) in [5.74, 6) is 0.658. The van der Waals surface area contributed by atoms with Crippen molar-refractivity contribution in [3.63, 3.8) is 0 Å². The van der Waals surface area contributed by atoms with Crippen molar-refractivity contribution in [2.75, 3.05) is 6.61 Å². The first-order valence-electron chi connectivity index (χ1n) is 7.03. The van der Waals surface area contributed by atoms with Gasteiger partial charge in [0.25, 0.3) is 0 Å². The molecule has 0 aromatic rings. The van der Waals surface area contributed by atoms with Gasteiger partial charge in [-0.2, -0.15) is 0 Å². The fourth-order valence-electron chi connectivity index (χ4n) is 2.31. The van der Waals surface area contributed by atoms with Crippen LogP contribution in [0.15, 0.2) is 11.6 Å². The van der Waals surface area contributed by atoms with Gasteiger partial charge in [-0.25, -0.2) is 0 Å². The van der Waals surface area contributed by atoms with Crippen LogP contribution >= 0.6 is 0 Å². The van der Waals surface area contributed by atoms with Crippen molar-refractivity contribution >= 4 is 11.8 Å². The van der Waals surface area contributed by atoms with Gasteiger partial charge in [0, 0.05) is 12.8 Å². The summed E-state index contributed by atoms with van der Waals surface area (Å²) in [6.07, 6.45) is 8.29. The summed E-state index contributed by atoms with van der Waals surface area (Å²) in [6.45, 7) is 4.38. The summed E-state index contributed by atoms with van der Waals surface area (Å²) in [7, 11) is 0. The van der Waals surface area contributed by atoms with E-state index in [-0.39, 0.29) is 5.97 Å². The zero-order valence-corrected chi connectivity index (χ0v) is 11.5. The fraction of sp³-hybridized carbons (Fsp3) is 0.733. The molecule has 0 N–H and O–H groups in total. The fourth-order valence-corrected chi connectivity index (χ4v) is 2.31. The number of hydrogen-bond donors (Lipinski definition) is 0. The van der Waals surface area contributed by atoms with Crippen LogP contribution < -0.4 is 0 Å². The van der Waals surface area contributed by atoms with Crippen molar-refractivity contribution in [2.24, 2.45) is 5.92 Å². The van der Waals surface area contributed by atoms with Gasteiger partial charge < -0.3 is 4.74 Å². The van der Waals surface area contributed by atoms with E-state index in [1.54, 1.807) is 0 Å². The first kappa shape index (κ1) is 14.9. The van der Waals surface area contributed by atoms with Gasteiger partial charge in [0.05, 0.1) is 6.61 Å². The third-order valence-electron chi connectivity index (χ3n) is 3.23. The van der Waals surface area contributed by atoms with E-state index < -0.39 is 0 Å².